The first-order valence-corrected chi connectivity index (χ1v) is 5.40. The molecule has 3 heteroatoms. The van der Waals surface area contributed by atoms with E-state index in [4.69, 9.17) is 5.11 Å². The molecule has 0 aromatic heterocycles. The molecule has 0 saturated heterocycles. The van der Waals surface area contributed by atoms with Crippen LogP contribution in [0.4, 0.5) is 0 Å². The summed E-state index contributed by atoms with van der Waals surface area (Å²) >= 11 is 0. The molecule has 0 fully saturated rings. The number of nitrogens with one attached hydrogen (secondary N) is 1. The molecule has 0 radical (unpaired) electrons. The third-order valence-electron chi connectivity index (χ3n) is 2.17. The molecule has 0 spiro atoms. The molecule has 2 N–H and O–H groups in total. The Balaban J connectivity index is 3.81. The molecule has 0 aliphatic rings. The number of nitrogens with zero attached hydrogens (tertiary/aromatic N) is 1. The zero-order valence-corrected chi connectivity index (χ0v) is 10.3. The average Bonchev–Trinajstić information content (AvgIpc) is 2.00. The van der Waals surface area contributed by atoms with Gasteiger partial charge in [-0.25, -0.2) is 0 Å². The molecule has 3 nitrogen and oxygen atoms in total. The zero-order chi connectivity index (χ0) is 11.2. The smallest absolute Gasteiger partial charge is 0.0558 e. The first kappa shape index (κ1) is 13.9. The van der Waals surface area contributed by atoms with Crippen LogP contribution < -0.4 is 5.32 Å². The van der Waals surface area contributed by atoms with Gasteiger partial charge in [0.1, 0.15) is 0 Å². The lowest BCUT2D eigenvalue weighted by Crippen LogP contribution is -2.41. The fourth-order valence-electron chi connectivity index (χ4n) is 1.52. The minimum atomic E-state index is 0.240. The minimum Gasteiger partial charge on any atom is -0.395 e. The Morgan fingerprint density at radius 2 is 1.93 bits per heavy atom. The second kappa shape index (κ2) is 6.38. The third-order valence-corrected chi connectivity index (χ3v) is 2.17. The van der Waals surface area contributed by atoms with Gasteiger partial charge in [-0.15, -0.1) is 0 Å². The van der Waals surface area contributed by atoms with Crippen LogP contribution in [-0.2, 0) is 0 Å². The van der Waals surface area contributed by atoms with E-state index in [9.17, 15) is 0 Å². The highest BCUT2D eigenvalue weighted by Crippen LogP contribution is 2.14. The lowest BCUT2D eigenvalue weighted by Gasteiger charge is -2.31. The zero-order valence-electron chi connectivity index (χ0n) is 10.3. The number of likely N-dealkylation sites (N-methyl/N-ethyl adjacent to an activating group) is 1. The predicted octanol–water partition coefficient (Wildman–Crippen LogP) is 0.935. The van der Waals surface area contributed by atoms with Crippen molar-refractivity contribution in [2.45, 2.75) is 33.7 Å². The monoisotopic (exact) mass is 202 g/mol. The van der Waals surface area contributed by atoms with Gasteiger partial charge in [-0.05, 0) is 12.5 Å². The molecule has 0 aromatic carbocycles. The van der Waals surface area contributed by atoms with Gasteiger partial charge in [-0.2, -0.15) is 0 Å². The second-order valence-electron chi connectivity index (χ2n) is 5.16. The van der Waals surface area contributed by atoms with Gasteiger partial charge in [-0.3, -0.25) is 0 Å². The molecule has 0 bridgehead atoms. The molecular weight excluding hydrogens is 176 g/mol. The highest BCUT2D eigenvalue weighted by Gasteiger charge is 2.19. The average molecular weight is 202 g/mol. The summed E-state index contributed by atoms with van der Waals surface area (Å²) in [7, 11) is 2.05. The Morgan fingerprint density at radius 3 is 2.36 bits per heavy atom. The van der Waals surface area contributed by atoms with Crippen molar-refractivity contribution in [2.24, 2.45) is 5.41 Å². The van der Waals surface area contributed by atoms with E-state index in [-0.39, 0.29) is 12.0 Å². The fraction of sp³-hybridized carbons (Fsp3) is 1.00. The summed E-state index contributed by atoms with van der Waals surface area (Å²) in [6.07, 6.45) is 0. The van der Waals surface area contributed by atoms with Crippen molar-refractivity contribution in [3.05, 3.63) is 0 Å². The van der Waals surface area contributed by atoms with Crippen molar-refractivity contribution in [3.8, 4) is 0 Å². The normalized spacial score (nSPS) is 12.9. The van der Waals surface area contributed by atoms with E-state index < -0.39 is 0 Å². The Morgan fingerprint density at radius 1 is 1.36 bits per heavy atom. The molecule has 0 saturated carbocycles. The number of aliphatic hydroxyl groups excluding tert-OH is 1. The summed E-state index contributed by atoms with van der Waals surface area (Å²) < 4.78 is 0. The third kappa shape index (κ3) is 7.30. The van der Waals surface area contributed by atoms with Gasteiger partial charge < -0.3 is 15.3 Å². The van der Waals surface area contributed by atoms with Crippen LogP contribution in [0.25, 0.3) is 0 Å². The maximum atomic E-state index is 8.79. The molecule has 0 atom stereocenters. The molecule has 0 aliphatic heterocycles. The van der Waals surface area contributed by atoms with Gasteiger partial charge in [-0.1, -0.05) is 27.7 Å². The van der Waals surface area contributed by atoms with Crippen molar-refractivity contribution >= 4 is 0 Å². The molecule has 0 heterocycles. The lowest BCUT2D eigenvalue weighted by atomic mass is 9.92. The Bertz CT molecular complexity index is 146. The van der Waals surface area contributed by atoms with Crippen molar-refractivity contribution in [2.75, 3.05) is 33.3 Å². The molecular formula is C11H26N2O. The fourth-order valence-corrected chi connectivity index (χ4v) is 1.52. The van der Waals surface area contributed by atoms with E-state index in [0.29, 0.717) is 6.04 Å². The quantitative estimate of drug-likeness (QED) is 0.645. The van der Waals surface area contributed by atoms with Crippen LogP contribution in [0.15, 0.2) is 0 Å². The van der Waals surface area contributed by atoms with Gasteiger partial charge >= 0.3 is 0 Å². The summed E-state index contributed by atoms with van der Waals surface area (Å²) in [6, 6.07) is 0.539. The Hall–Kier alpha value is -0.120. The van der Waals surface area contributed by atoms with E-state index in [1.165, 1.54) is 0 Å². The molecule has 0 amide bonds. The van der Waals surface area contributed by atoms with Crippen molar-refractivity contribution < 1.29 is 5.11 Å². The first-order valence-electron chi connectivity index (χ1n) is 5.40. The van der Waals surface area contributed by atoms with Gasteiger partial charge in [0.25, 0.3) is 0 Å². The largest absolute Gasteiger partial charge is 0.395 e. The van der Waals surface area contributed by atoms with Crippen LogP contribution in [0.3, 0.4) is 0 Å². The van der Waals surface area contributed by atoms with E-state index in [2.05, 4.69) is 37.9 Å². The maximum Gasteiger partial charge on any atom is 0.0558 e. The first-order chi connectivity index (χ1) is 6.37. The predicted molar refractivity (Wildman–Crippen MR) is 61.5 cm³/mol. The summed E-state index contributed by atoms with van der Waals surface area (Å²) in [4.78, 5) is 2.17. The second-order valence-corrected chi connectivity index (χ2v) is 5.16. The molecule has 0 rings (SSSR count). The Labute approximate surface area is 88.5 Å². The van der Waals surface area contributed by atoms with Crippen molar-refractivity contribution in [3.63, 3.8) is 0 Å². The van der Waals surface area contributed by atoms with E-state index in [1.807, 2.05) is 7.05 Å². The van der Waals surface area contributed by atoms with Crippen molar-refractivity contribution in [1.82, 2.24) is 10.2 Å². The SMILES string of the molecule is CC(C)NCC(C)(C)CN(C)CCO. The van der Waals surface area contributed by atoms with Gasteiger partial charge in [0, 0.05) is 25.7 Å². The topological polar surface area (TPSA) is 35.5 Å². The standard InChI is InChI=1S/C11H26N2O/c1-10(2)12-8-11(3,4)9-13(5)6-7-14/h10,12,14H,6-9H2,1-5H3. The van der Waals surface area contributed by atoms with Crippen LogP contribution in [0, 0.1) is 5.41 Å². The summed E-state index contributed by atoms with van der Waals surface area (Å²) in [5.74, 6) is 0. The molecule has 0 unspecified atom stereocenters. The minimum absolute atomic E-state index is 0.240. The summed E-state index contributed by atoms with van der Waals surface area (Å²) in [6.45, 7) is 11.8. The van der Waals surface area contributed by atoms with Crippen molar-refractivity contribution in [1.29, 1.82) is 0 Å². The van der Waals surface area contributed by atoms with Gasteiger partial charge in [0.2, 0.25) is 0 Å². The van der Waals surface area contributed by atoms with E-state index >= 15 is 0 Å². The van der Waals surface area contributed by atoms with Crippen LogP contribution in [0.2, 0.25) is 0 Å². The number of hydrogen-bond acceptors (Lipinski definition) is 3. The summed E-state index contributed by atoms with van der Waals surface area (Å²) in [5, 5.41) is 12.2. The van der Waals surface area contributed by atoms with Crippen LogP contribution in [0.1, 0.15) is 27.7 Å². The number of aliphatic hydroxyl groups is 1. The highest BCUT2D eigenvalue weighted by atomic mass is 16.3. The van der Waals surface area contributed by atoms with Gasteiger partial charge in [0.15, 0.2) is 0 Å². The van der Waals surface area contributed by atoms with Crippen LogP contribution in [0.5, 0.6) is 0 Å². The summed E-state index contributed by atoms with van der Waals surface area (Å²) in [5.41, 5.74) is 0.258. The molecule has 14 heavy (non-hydrogen) atoms. The highest BCUT2D eigenvalue weighted by molar-refractivity contribution is 4.75. The van der Waals surface area contributed by atoms with E-state index in [0.717, 1.165) is 19.6 Å². The lowest BCUT2D eigenvalue weighted by molar-refractivity contribution is 0.165. The number of rotatable bonds is 7. The molecule has 86 valence electrons. The van der Waals surface area contributed by atoms with Crippen LogP contribution >= 0.6 is 0 Å². The van der Waals surface area contributed by atoms with Crippen LogP contribution in [-0.4, -0.2) is 49.3 Å². The Kier molecular flexibility index (Phi) is 6.33. The number of hydrogen-bond donors (Lipinski definition) is 2. The molecule has 0 aromatic rings. The molecule has 0 aliphatic carbocycles. The maximum absolute atomic E-state index is 8.79. The van der Waals surface area contributed by atoms with Gasteiger partial charge in [0.05, 0.1) is 6.61 Å². The van der Waals surface area contributed by atoms with E-state index in [1.54, 1.807) is 0 Å².